The van der Waals surface area contributed by atoms with Gasteiger partial charge in [-0.05, 0) is 49.6 Å². The molecule has 0 amide bonds. The van der Waals surface area contributed by atoms with Crippen molar-refractivity contribution in [2.45, 2.75) is 26.9 Å². The summed E-state index contributed by atoms with van der Waals surface area (Å²) in [6, 6.07) is 14.9. The van der Waals surface area contributed by atoms with E-state index in [1.165, 1.54) is 6.08 Å². The van der Waals surface area contributed by atoms with Crippen LogP contribution in [0.2, 0.25) is 0 Å². The number of ketones is 1. The van der Waals surface area contributed by atoms with Gasteiger partial charge in [0.05, 0.1) is 0 Å². The van der Waals surface area contributed by atoms with Crippen LogP contribution < -0.4 is 0 Å². The summed E-state index contributed by atoms with van der Waals surface area (Å²) < 4.78 is 5.18. The zero-order chi connectivity index (χ0) is 16.8. The van der Waals surface area contributed by atoms with E-state index in [1.54, 1.807) is 19.1 Å². The molecular formula is C20H20O3. The van der Waals surface area contributed by atoms with Crippen molar-refractivity contribution >= 4 is 17.8 Å². The van der Waals surface area contributed by atoms with Crippen molar-refractivity contribution in [3.05, 3.63) is 76.9 Å². The summed E-state index contributed by atoms with van der Waals surface area (Å²) in [5, 5.41) is 0. The van der Waals surface area contributed by atoms with Crippen molar-refractivity contribution in [2.75, 3.05) is 0 Å². The number of ether oxygens (including phenoxy) is 1. The van der Waals surface area contributed by atoms with Gasteiger partial charge in [-0.3, -0.25) is 4.79 Å². The fraction of sp³-hybridized carbons (Fsp3) is 0.200. The number of hydrogen-bond acceptors (Lipinski definition) is 3. The lowest BCUT2D eigenvalue weighted by atomic mass is 10.0. The lowest BCUT2D eigenvalue weighted by Gasteiger charge is -2.12. The van der Waals surface area contributed by atoms with Gasteiger partial charge in [-0.25, -0.2) is 4.79 Å². The van der Waals surface area contributed by atoms with E-state index in [0.29, 0.717) is 5.56 Å². The van der Waals surface area contributed by atoms with E-state index in [-0.39, 0.29) is 5.78 Å². The Morgan fingerprint density at radius 1 is 1.00 bits per heavy atom. The van der Waals surface area contributed by atoms with Crippen LogP contribution in [0.5, 0.6) is 0 Å². The molecule has 0 heterocycles. The largest absolute Gasteiger partial charge is 0.451 e. The topological polar surface area (TPSA) is 43.4 Å². The van der Waals surface area contributed by atoms with Gasteiger partial charge in [-0.2, -0.15) is 0 Å². The number of carbonyl (C=O) groups is 2. The first-order valence-electron chi connectivity index (χ1n) is 7.52. The van der Waals surface area contributed by atoms with E-state index >= 15 is 0 Å². The van der Waals surface area contributed by atoms with Crippen LogP contribution in [0.3, 0.4) is 0 Å². The molecule has 1 atom stereocenters. The van der Waals surface area contributed by atoms with Gasteiger partial charge in [0.2, 0.25) is 5.78 Å². The first-order valence-corrected chi connectivity index (χ1v) is 7.52. The first-order chi connectivity index (χ1) is 11.0. The Morgan fingerprint density at radius 3 is 2.35 bits per heavy atom. The average Bonchev–Trinajstić information content (AvgIpc) is 2.55. The molecule has 2 rings (SSSR count). The maximum absolute atomic E-state index is 12.3. The highest BCUT2D eigenvalue weighted by molar-refractivity contribution is 6.01. The summed E-state index contributed by atoms with van der Waals surface area (Å²) in [6.45, 7) is 5.53. The minimum atomic E-state index is -0.815. The summed E-state index contributed by atoms with van der Waals surface area (Å²) in [5.41, 5.74) is 3.62. The molecule has 0 aliphatic rings. The van der Waals surface area contributed by atoms with Crippen molar-refractivity contribution < 1.29 is 14.3 Å². The van der Waals surface area contributed by atoms with Gasteiger partial charge in [-0.15, -0.1) is 0 Å². The highest BCUT2D eigenvalue weighted by atomic mass is 16.5. The molecule has 0 bridgehead atoms. The van der Waals surface area contributed by atoms with E-state index in [9.17, 15) is 9.59 Å². The Hall–Kier alpha value is -2.68. The second kappa shape index (κ2) is 7.54. The molecule has 0 saturated heterocycles. The SMILES string of the molecule is Cc1ccc(C(=O)[C@H](C)OC(=O)/C=C/c2ccccc2)cc1C. The number of benzene rings is 2. The van der Waals surface area contributed by atoms with Crippen molar-refractivity contribution in [3.63, 3.8) is 0 Å². The van der Waals surface area contributed by atoms with E-state index in [4.69, 9.17) is 4.74 Å². The molecule has 118 valence electrons. The molecular weight excluding hydrogens is 288 g/mol. The van der Waals surface area contributed by atoms with Crippen molar-refractivity contribution in [3.8, 4) is 0 Å². The molecule has 0 fully saturated rings. The number of esters is 1. The Balaban J connectivity index is 1.99. The van der Waals surface area contributed by atoms with Crippen LogP contribution in [-0.2, 0) is 9.53 Å². The molecule has 0 N–H and O–H groups in total. The number of rotatable bonds is 5. The molecule has 2 aromatic carbocycles. The quantitative estimate of drug-likeness (QED) is 0.474. The van der Waals surface area contributed by atoms with E-state index < -0.39 is 12.1 Å². The third-order valence-corrected chi connectivity index (χ3v) is 3.67. The zero-order valence-electron chi connectivity index (χ0n) is 13.6. The second-order valence-corrected chi connectivity index (χ2v) is 5.49. The normalized spacial score (nSPS) is 12.1. The van der Waals surface area contributed by atoms with Gasteiger partial charge in [0.1, 0.15) is 0 Å². The number of hydrogen-bond donors (Lipinski definition) is 0. The van der Waals surface area contributed by atoms with Gasteiger partial charge in [-0.1, -0.05) is 42.5 Å². The summed E-state index contributed by atoms with van der Waals surface area (Å²) in [7, 11) is 0. The van der Waals surface area contributed by atoms with Crippen molar-refractivity contribution in [2.24, 2.45) is 0 Å². The Morgan fingerprint density at radius 2 is 1.70 bits per heavy atom. The number of Topliss-reactive ketones (excluding diaryl/α,β-unsaturated/α-hetero) is 1. The van der Waals surface area contributed by atoms with Crippen LogP contribution in [0.15, 0.2) is 54.6 Å². The molecule has 0 radical (unpaired) electrons. The molecule has 0 aliphatic heterocycles. The van der Waals surface area contributed by atoms with E-state index in [1.807, 2.05) is 56.3 Å². The molecule has 0 aromatic heterocycles. The first kappa shape index (κ1) is 16.7. The Labute approximate surface area is 136 Å². The number of aryl methyl sites for hydroxylation is 2. The maximum Gasteiger partial charge on any atom is 0.331 e. The van der Waals surface area contributed by atoms with Crippen molar-refractivity contribution in [1.29, 1.82) is 0 Å². The summed E-state index contributed by atoms with van der Waals surface area (Å²) in [5.74, 6) is -0.729. The summed E-state index contributed by atoms with van der Waals surface area (Å²) >= 11 is 0. The van der Waals surface area contributed by atoms with E-state index in [0.717, 1.165) is 16.7 Å². The molecule has 23 heavy (non-hydrogen) atoms. The van der Waals surface area contributed by atoms with Crippen LogP contribution in [0, 0.1) is 13.8 Å². The molecule has 3 heteroatoms. The lowest BCUT2D eigenvalue weighted by Crippen LogP contribution is -2.23. The smallest absolute Gasteiger partial charge is 0.331 e. The summed E-state index contributed by atoms with van der Waals surface area (Å²) in [6.07, 6.45) is 2.18. The van der Waals surface area contributed by atoms with Crippen LogP contribution >= 0.6 is 0 Å². The van der Waals surface area contributed by atoms with Crippen LogP contribution in [0.25, 0.3) is 6.08 Å². The highest BCUT2D eigenvalue weighted by Crippen LogP contribution is 2.13. The van der Waals surface area contributed by atoms with Crippen LogP contribution in [-0.4, -0.2) is 17.9 Å². The predicted octanol–water partition coefficient (Wildman–Crippen LogP) is 4.13. The fourth-order valence-electron chi connectivity index (χ4n) is 2.12. The molecule has 3 nitrogen and oxygen atoms in total. The maximum atomic E-state index is 12.3. The average molecular weight is 308 g/mol. The highest BCUT2D eigenvalue weighted by Gasteiger charge is 2.18. The van der Waals surface area contributed by atoms with Gasteiger partial charge in [0.15, 0.2) is 6.10 Å². The third kappa shape index (κ3) is 4.65. The molecule has 0 unspecified atom stereocenters. The van der Waals surface area contributed by atoms with E-state index in [2.05, 4.69) is 0 Å². The van der Waals surface area contributed by atoms with Gasteiger partial charge >= 0.3 is 5.97 Å². The standard InChI is InChI=1S/C20H20O3/c1-14-9-11-18(13-15(14)2)20(22)16(3)23-19(21)12-10-17-7-5-4-6-8-17/h4-13,16H,1-3H3/b12-10+/t16-/m0/s1. The van der Waals surface area contributed by atoms with Crippen LogP contribution in [0.4, 0.5) is 0 Å². The molecule has 2 aromatic rings. The van der Waals surface area contributed by atoms with Gasteiger partial charge < -0.3 is 4.74 Å². The number of carbonyl (C=O) groups excluding carboxylic acids is 2. The van der Waals surface area contributed by atoms with Crippen molar-refractivity contribution in [1.82, 2.24) is 0 Å². The second-order valence-electron chi connectivity index (χ2n) is 5.49. The summed E-state index contributed by atoms with van der Waals surface area (Å²) in [4.78, 5) is 24.1. The minimum Gasteiger partial charge on any atom is -0.451 e. The Kier molecular flexibility index (Phi) is 5.47. The van der Waals surface area contributed by atoms with Gasteiger partial charge in [0, 0.05) is 11.6 Å². The lowest BCUT2D eigenvalue weighted by molar-refractivity contribution is -0.140. The monoisotopic (exact) mass is 308 g/mol. The fourth-order valence-corrected chi connectivity index (χ4v) is 2.12. The third-order valence-electron chi connectivity index (χ3n) is 3.67. The molecule has 0 spiro atoms. The minimum absolute atomic E-state index is 0.199. The van der Waals surface area contributed by atoms with Crippen LogP contribution in [0.1, 0.15) is 34.0 Å². The molecule has 0 aliphatic carbocycles. The molecule has 0 saturated carbocycles. The zero-order valence-corrected chi connectivity index (χ0v) is 13.6. The Bertz CT molecular complexity index is 730. The predicted molar refractivity (Wildman–Crippen MR) is 91.3 cm³/mol. The van der Waals surface area contributed by atoms with Gasteiger partial charge in [0.25, 0.3) is 0 Å².